The molecule has 0 aromatic carbocycles. The van der Waals surface area contributed by atoms with Gasteiger partial charge in [0.1, 0.15) is 0 Å². The minimum Gasteiger partial charge on any atom is -0.393 e. The zero-order valence-electron chi connectivity index (χ0n) is 19.4. The van der Waals surface area contributed by atoms with E-state index in [1.165, 1.54) is 57.8 Å². The number of aliphatic hydroxyl groups excluding tert-OH is 1. The van der Waals surface area contributed by atoms with E-state index in [2.05, 4.69) is 33.8 Å². The summed E-state index contributed by atoms with van der Waals surface area (Å²) in [5.74, 6) is 5.95. The van der Waals surface area contributed by atoms with E-state index in [4.69, 9.17) is 11.6 Å². The molecule has 4 aliphatic carbocycles. The lowest BCUT2D eigenvalue weighted by Crippen LogP contribution is -2.50. The number of allylic oxidation sites excluding steroid dienone is 1. The molecule has 0 aromatic heterocycles. The van der Waals surface area contributed by atoms with Crippen LogP contribution < -0.4 is 0 Å². The summed E-state index contributed by atoms with van der Waals surface area (Å²) in [5.41, 5.74) is 2.55. The van der Waals surface area contributed by atoms with Gasteiger partial charge < -0.3 is 5.11 Å². The van der Waals surface area contributed by atoms with Gasteiger partial charge in [0.05, 0.1) is 6.10 Å². The Kier molecular flexibility index (Phi) is 6.50. The molecule has 0 spiro atoms. The molecule has 0 saturated heterocycles. The van der Waals surface area contributed by atoms with Crippen molar-refractivity contribution in [1.82, 2.24) is 0 Å². The van der Waals surface area contributed by atoms with Gasteiger partial charge in [-0.25, -0.2) is 0 Å². The molecule has 4 aliphatic rings. The first kappa shape index (κ1) is 22.2. The van der Waals surface area contributed by atoms with E-state index in [0.717, 1.165) is 48.3 Å². The number of halogens is 1. The first-order valence-electron chi connectivity index (χ1n) is 12.7. The third-order valence-corrected chi connectivity index (χ3v) is 11.0. The first-order chi connectivity index (χ1) is 13.8. The quantitative estimate of drug-likeness (QED) is 0.346. The second-order valence-electron chi connectivity index (χ2n) is 12.1. The van der Waals surface area contributed by atoms with E-state index in [1.54, 1.807) is 5.57 Å². The van der Waals surface area contributed by atoms with Gasteiger partial charge in [0, 0.05) is 5.88 Å². The van der Waals surface area contributed by atoms with Crippen molar-refractivity contribution in [3.8, 4) is 0 Å². The summed E-state index contributed by atoms with van der Waals surface area (Å²) in [7, 11) is 0. The van der Waals surface area contributed by atoms with Crippen LogP contribution in [-0.4, -0.2) is 17.1 Å². The summed E-state index contributed by atoms with van der Waals surface area (Å²) in [6.07, 6.45) is 16.8. The fourth-order valence-electron chi connectivity index (χ4n) is 8.68. The zero-order chi connectivity index (χ0) is 20.8. The predicted octanol–water partition coefficient (Wildman–Crippen LogP) is 7.61. The van der Waals surface area contributed by atoms with Gasteiger partial charge in [0.15, 0.2) is 0 Å². The van der Waals surface area contributed by atoms with Crippen LogP contribution in [0.1, 0.15) is 98.3 Å². The molecule has 0 heterocycles. The molecule has 0 amide bonds. The number of hydrogen-bond donors (Lipinski definition) is 1. The summed E-state index contributed by atoms with van der Waals surface area (Å²) < 4.78 is 0. The fraction of sp³-hybridized carbons (Fsp3) is 0.926. The SMILES string of the molecule is CC(CCl)CCC[C@@H](C)[C@H]1CC[C@H]2[C@@H]3CC=C4C[C@@H](O)CC[C@]4(C)[C@H]3CC[C@]12C. The number of alkyl halides is 1. The Hall–Kier alpha value is -0.0100. The minimum absolute atomic E-state index is 0.0852. The van der Waals surface area contributed by atoms with Crippen LogP contribution in [0.15, 0.2) is 11.6 Å². The zero-order valence-corrected chi connectivity index (χ0v) is 20.2. The van der Waals surface area contributed by atoms with Crippen molar-refractivity contribution in [3.05, 3.63) is 11.6 Å². The molecule has 4 rings (SSSR count). The topological polar surface area (TPSA) is 20.2 Å². The monoisotopic (exact) mass is 420 g/mol. The van der Waals surface area contributed by atoms with Gasteiger partial charge in [0.2, 0.25) is 0 Å². The van der Waals surface area contributed by atoms with E-state index >= 15 is 0 Å². The maximum absolute atomic E-state index is 10.2. The van der Waals surface area contributed by atoms with Crippen molar-refractivity contribution in [1.29, 1.82) is 0 Å². The maximum atomic E-state index is 10.2. The van der Waals surface area contributed by atoms with Crippen LogP contribution in [-0.2, 0) is 0 Å². The Morgan fingerprint density at radius 2 is 1.86 bits per heavy atom. The highest BCUT2D eigenvalue weighted by molar-refractivity contribution is 6.18. The summed E-state index contributed by atoms with van der Waals surface area (Å²) in [5, 5.41) is 10.2. The normalized spacial score (nSPS) is 46.3. The van der Waals surface area contributed by atoms with E-state index < -0.39 is 0 Å². The molecule has 29 heavy (non-hydrogen) atoms. The second kappa shape index (κ2) is 8.50. The molecule has 1 unspecified atom stereocenters. The van der Waals surface area contributed by atoms with E-state index in [9.17, 15) is 5.11 Å². The van der Waals surface area contributed by atoms with Gasteiger partial charge in [-0.05, 0) is 104 Å². The summed E-state index contributed by atoms with van der Waals surface area (Å²) in [4.78, 5) is 0. The van der Waals surface area contributed by atoms with Crippen molar-refractivity contribution in [2.45, 2.75) is 104 Å². The van der Waals surface area contributed by atoms with Crippen LogP contribution in [0.25, 0.3) is 0 Å². The molecule has 3 saturated carbocycles. The smallest absolute Gasteiger partial charge is 0.0577 e. The summed E-state index contributed by atoms with van der Waals surface area (Å²) in [6.45, 7) is 10.1. The van der Waals surface area contributed by atoms with Crippen LogP contribution in [0.2, 0.25) is 0 Å². The predicted molar refractivity (Wildman–Crippen MR) is 124 cm³/mol. The van der Waals surface area contributed by atoms with Gasteiger partial charge >= 0.3 is 0 Å². The Labute approximate surface area is 185 Å². The van der Waals surface area contributed by atoms with E-state index in [1.807, 2.05) is 0 Å². The van der Waals surface area contributed by atoms with Crippen molar-refractivity contribution >= 4 is 11.6 Å². The Morgan fingerprint density at radius 1 is 1.07 bits per heavy atom. The molecular formula is C27H45ClO. The fourth-order valence-corrected chi connectivity index (χ4v) is 8.84. The molecule has 3 fully saturated rings. The van der Waals surface area contributed by atoms with Gasteiger partial charge in [0.25, 0.3) is 0 Å². The van der Waals surface area contributed by atoms with Crippen LogP contribution in [0.3, 0.4) is 0 Å². The van der Waals surface area contributed by atoms with E-state index in [-0.39, 0.29) is 6.10 Å². The van der Waals surface area contributed by atoms with Crippen LogP contribution in [0, 0.1) is 46.3 Å². The molecule has 0 radical (unpaired) electrons. The second-order valence-corrected chi connectivity index (χ2v) is 12.4. The van der Waals surface area contributed by atoms with Crippen LogP contribution in [0.5, 0.6) is 0 Å². The van der Waals surface area contributed by atoms with E-state index in [0.29, 0.717) is 16.7 Å². The number of fused-ring (bicyclic) bond motifs is 5. The minimum atomic E-state index is -0.0852. The average molecular weight is 421 g/mol. The van der Waals surface area contributed by atoms with Crippen LogP contribution >= 0.6 is 11.6 Å². The maximum Gasteiger partial charge on any atom is 0.0577 e. The van der Waals surface area contributed by atoms with Crippen molar-refractivity contribution < 1.29 is 5.11 Å². The van der Waals surface area contributed by atoms with Crippen LogP contribution in [0.4, 0.5) is 0 Å². The number of aliphatic hydroxyl groups is 1. The highest BCUT2D eigenvalue weighted by Gasteiger charge is 2.59. The van der Waals surface area contributed by atoms with Gasteiger partial charge in [-0.15, -0.1) is 11.6 Å². The molecule has 1 N–H and O–H groups in total. The summed E-state index contributed by atoms with van der Waals surface area (Å²) >= 11 is 6.02. The third-order valence-electron chi connectivity index (χ3n) is 10.5. The largest absolute Gasteiger partial charge is 0.393 e. The number of rotatable bonds is 6. The van der Waals surface area contributed by atoms with Crippen molar-refractivity contribution in [2.75, 3.05) is 5.88 Å². The third kappa shape index (κ3) is 3.86. The average Bonchev–Trinajstić information content (AvgIpc) is 3.05. The Bertz CT molecular complexity index is 614. The lowest BCUT2D eigenvalue weighted by molar-refractivity contribution is -0.0573. The van der Waals surface area contributed by atoms with Crippen molar-refractivity contribution in [2.24, 2.45) is 46.3 Å². The molecule has 0 aromatic rings. The lowest BCUT2D eigenvalue weighted by Gasteiger charge is -2.58. The lowest BCUT2D eigenvalue weighted by atomic mass is 9.47. The molecule has 0 bridgehead atoms. The van der Waals surface area contributed by atoms with Gasteiger partial charge in [-0.2, -0.15) is 0 Å². The molecule has 166 valence electrons. The molecule has 0 aliphatic heterocycles. The first-order valence-corrected chi connectivity index (χ1v) is 13.3. The molecule has 1 nitrogen and oxygen atoms in total. The molecule has 9 atom stereocenters. The summed E-state index contributed by atoms with van der Waals surface area (Å²) in [6, 6.07) is 0. The highest BCUT2D eigenvalue weighted by atomic mass is 35.5. The highest BCUT2D eigenvalue weighted by Crippen LogP contribution is 2.67. The molecular weight excluding hydrogens is 376 g/mol. The van der Waals surface area contributed by atoms with Gasteiger partial charge in [-0.1, -0.05) is 52.2 Å². The number of hydrogen-bond acceptors (Lipinski definition) is 1. The Morgan fingerprint density at radius 3 is 2.62 bits per heavy atom. The molecule has 2 heteroatoms. The van der Waals surface area contributed by atoms with Gasteiger partial charge in [-0.3, -0.25) is 0 Å². The standard InChI is InChI=1S/C27H45ClO/c1-18(17-28)6-5-7-19(2)23-10-11-24-22-9-8-20-16-21(29)12-14-26(20,3)25(22)13-15-27(23,24)4/h8,18-19,21-25,29H,5-7,9-17H2,1-4H3/t18?,19-,21+,22+,23-,24+,25+,26+,27-/m1/s1. The van der Waals surface area contributed by atoms with Crippen molar-refractivity contribution in [3.63, 3.8) is 0 Å². The Balaban J connectivity index is 1.46.